The van der Waals surface area contributed by atoms with Crippen molar-refractivity contribution in [1.29, 1.82) is 0 Å². The second-order valence-corrected chi connectivity index (χ2v) is 10.7. The summed E-state index contributed by atoms with van der Waals surface area (Å²) in [6, 6.07) is 9.76. The lowest BCUT2D eigenvalue weighted by molar-refractivity contribution is 0.191. The normalized spacial score (nSPS) is 17.0. The van der Waals surface area contributed by atoms with Gasteiger partial charge in [-0.15, -0.1) is 0 Å². The van der Waals surface area contributed by atoms with Gasteiger partial charge in [0.1, 0.15) is 30.1 Å². The maximum atomic E-state index is 6.85. The summed E-state index contributed by atoms with van der Waals surface area (Å²) < 4.78 is 14.3. The fourth-order valence-corrected chi connectivity index (χ4v) is 4.94. The number of pyridine rings is 1. The summed E-state index contributed by atoms with van der Waals surface area (Å²) in [7, 11) is 0. The van der Waals surface area contributed by atoms with Gasteiger partial charge in [-0.25, -0.2) is 9.97 Å². The molecule has 0 radical (unpaired) electrons. The summed E-state index contributed by atoms with van der Waals surface area (Å²) in [5.74, 6) is 1.92. The third-order valence-corrected chi connectivity index (χ3v) is 7.60. The SMILES string of the molecule is Cc1cccnc1Cn1c(-c2ccc(OCCN3CCNCC3)cc2Cl)nc2c(OC3(C)CC3)ncnc21. The molecule has 4 aromatic rings. The monoisotopic (exact) mass is 533 g/mol. The number of rotatable bonds is 9. The number of aromatic nitrogens is 5. The fraction of sp³-hybridized carbons (Fsp3) is 0.429. The molecule has 9 nitrogen and oxygen atoms in total. The van der Waals surface area contributed by atoms with Crippen molar-refractivity contribution >= 4 is 22.8 Å². The lowest BCUT2D eigenvalue weighted by Crippen LogP contribution is -2.44. The molecule has 1 aliphatic carbocycles. The Kier molecular flexibility index (Phi) is 6.90. The Morgan fingerprint density at radius 2 is 1.95 bits per heavy atom. The van der Waals surface area contributed by atoms with Gasteiger partial charge in [0, 0.05) is 44.5 Å². The maximum Gasteiger partial charge on any atom is 0.245 e. The molecule has 0 unspecified atom stereocenters. The summed E-state index contributed by atoms with van der Waals surface area (Å²) in [5.41, 5.74) is 3.94. The first-order chi connectivity index (χ1) is 18.5. The predicted molar refractivity (Wildman–Crippen MR) is 147 cm³/mol. The van der Waals surface area contributed by atoms with Crippen LogP contribution in [0.3, 0.4) is 0 Å². The molecular formula is C28H32ClN7O2. The van der Waals surface area contributed by atoms with Crippen LogP contribution in [0, 0.1) is 6.92 Å². The van der Waals surface area contributed by atoms with Crippen LogP contribution >= 0.6 is 11.6 Å². The van der Waals surface area contributed by atoms with Gasteiger partial charge in [0.2, 0.25) is 5.88 Å². The van der Waals surface area contributed by atoms with Crippen LogP contribution in [-0.2, 0) is 6.54 Å². The van der Waals surface area contributed by atoms with Crippen LogP contribution in [0.15, 0.2) is 42.9 Å². The Labute approximate surface area is 227 Å². The van der Waals surface area contributed by atoms with E-state index in [9.17, 15) is 0 Å². The molecule has 0 bridgehead atoms. The minimum Gasteiger partial charge on any atom is -0.492 e. The van der Waals surface area contributed by atoms with E-state index in [0.717, 1.165) is 68.1 Å². The molecule has 6 rings (SSSR count). The van der Waals surface area contributed by atoms with Crippen molar-refractivity contribution in [1.82, 2.24) is 34.7 Å². The van der Waals surface area contributed by atoms with Crippen molar-refractivity contribution in [3.05, 3.63) is 59.1 Å². The molecule has 1 saturated carbocycles. The molecule has 198 valence electrons. The van der Waals surface area contributed by atoms with Crippen molar-refractivity contribution in [2.45, 2.75) is 38.8 Å². The molecule has 1 aliphatic heterocycles. The van der Waals surface area contributed by atoms with Gasteiger partial charge in [0.15, 0.2) is 11.2 Å². The number of nitrogens with zero attached hydrogens (tertiary/aromatic N) is 6. The Morgan fingerprint density at radius 1 is 1.11 bits per heavy atom. The van der Waals surface area contributed by atoms with E-state index in [0.29, 0.717) is 41.0 Å². The minimum absolute atomic E-state index is 0.190. The molecule has 2 fully saturated rings. The van der Waals surface area contributed by atoms with Gasteiger partial charge < -0.3 is 19.4 Å². The van der Waals surface area contributed by atoms with Crippen LogP contribution < -0.4 is 14.8 Å². The van der Waals surface area contributed by atoms with E-state index in [1.54, 1.807) is 6.20 Å². The average Bonchev–Trinajstić information content (AvgIpc) is 3.53. The van der Waals surface area contributed by atoms with E-state index in [1.165, 1.54) is 6.33 Å². The van der Waals surface area contributed by atoms with Crippen molar-refractivity contribution in [3.63, 3.8) is 0 Å². The molecule has 3 aromatic heterocycles. The lowest BCUT2D eigenvalue weighted by atomic mass is 10.2. The highest BCUT2D eigenvalue weighted by molar-refractivity contribution is 6.33. The number of halogens is 1. The molecule has 1 saturated heterocycles. The first-order valence-corrected chi connectivity index (χ1v) is 13.5. The summed E-state index contributed by atoms with van der Waals surface area (Å²) >= 11 is 6.85. The van der Waals surface area contributed by atoms with E-state index in [2.05, 4.69) is 45.1 Å². The molecule has 4 heterocycles. The van der Waals surface area contributed by atoms with Crippen molar-refractivity contribution in [3.8, 4) is 23.0 Å². The highest BCUT2D eigenvalue weighted by atomic mass is 35.5. The summed E-state index contributed by atoms with van der Waals surface area (Å²) in [6.07, 6.45) is 5.34. The number of benzene rings is 1. The number of piperazine rings is 1. The van der Waals surface area contributed by atoms with Crippen LogP contribution in [0.25, 0.3) is 22.6 Å². The third kappa shape index (κ3) is 5.32. The minimum atomic E-state index is -0.190. The molecular weight excluding hydrogens is 502 g/mol. The zero-order valence-corrected chi connectivity index (χ0v) is 22.5. The van der Waals surface area contributed by atoms with Gasteiger partial charge in [-0.1, -0.05) is 17.7 Å². The topological polar surface area (TPSA) is 90.2 Å². The quantitative estimate of drug-likeness (QED) is 0.344. The Hall–Kier alpha value is -3.27. The smallest absolute Gasteiger partial charge is 0.245 e. The van der Waals surface area contributed by atoms with E-state index in [-0.39, 0.29) is 5.60 Å². The van der Waals surface area contributed by atoms with Crippen LogP contribution in [0.4, 0.5) is 0 Å². The first kappa shape index (κ1) is 25.0. The van der Waals surface area contributed by atoms with E-state index >= 15 is 0 Å². The van der Waals surface area contributed by atoms with Gasteiger partial charge >= 0.3 is 0 Å². The molecule has 10 heteroatoms. The average molecular weight is 534 g/mol. The number of imidazole rings is 1. The number of hydrogen-bond donors (Lipinski definition) is 1. The number of hydrogen-bond acceptors (Lipinski definition) is 8. The van der Waals surface area contributed by atoms with Gasteiger partial charge in [-0.3, -0.25) is 9.88 Å². The van der Waals surface area contributed by atoms with Gasteiger partial charge in [-0.05, 0) is 56.5 Å². The number of nitrogens with one attached hydrogen (secondary N) is 1. The second kappa shape index (κ2) is 10.5. The highest BCUT2D eigenvalue weighted by Crippen LogP contribution is 2.41. The van der Waals surface area contributed by atoms with Crippen molar-refractivity contribution in [2.24, 2.45) is 0 Å². The molecule has 1 aromatic carbocycles. The molecule has 0 amide bonds. The molecule has 0 spiro atoms. The summed E-state index contributed by atoms with van der Waals surface area (Å²) in [5, 5.41) is 3.93. The zero-order valence-electron chi connectivity index (χ0n) is 21.8. The molecule has 38 heavy (non-hydrogen) atoms. The number of ether oxygens (including phenoxy) is 2. The van der Waals surface area contributed by atoms with Gasteiger partial charge in [0.05, 0.1) is 17.3 Å². The highest BCUT2D eigenvalue weighted by Gasteiger charge is 2.41. The Bertz CT molecular complexity index is 1450. The maximum absolute atomic E-state index is 6.85. The number of fused-ring (bicyclic) bond motifs is 1. The predicted octanol–water partition coefficient (Wildman–Crippen LogP) is 4.11. The van der Waals surface area contributed by atoms with Crippen molar-refractivity contribution in [2.75, 3.05) is 39.3 Å². The van der Waals surface area contributed by atoms with Crippen LogP contribution in [-0.4, -0.2) is 74.3 Å². The Morgan fingerprint density at radius 3 is 2.71 bits per heavy atom. The standard InChI is InChI=1S/C28H32ClN7O2/c1-19-4-3-9-31-23(19)17-36-25(34-24-26(36)32-18-33-27(24)38-28(2)7-8-28)21-6-5-20(16-22(21)29)37-15-14-35-12-10-30-11-13-35/h3-6,9,16,18,30H,7-8,10-15,17H2,1-2H3. The summed E-state index contributed by atoms with van der Waals surface area (Å²) in [6.45, 7) is 10.3. The zero-order chi connectivity index (χ0) is 26.1. The van der Waals surface area contributed by atoms with Crippen LogP contribution in [0.5, 0.6) is 11.6 Å². The van der Waals surface area contributed by atoms with Crippen LogP contribution in [0.1, 0.15) is 31.0 Å². The van der Waals surface area contributed by atoms with Crippen LogP contribution in [0.2, 0.25) is 5.02 Å². The molecule has 1 N–H and O–H groups in total. The van der Waals surface area contributed by atoms with Crippen molar-refractivity contribution < 1.29 is 9.47 Å². The van der Waals surface area contributed by atoms with E-state index in [1.807, 2.05) is 28.8 Å². The third-order valence-electron chi connectivity index (χ3n) is 7.29. The lowest BCUT2D eigenvalue weighted by Gasteiger charge is -2.26. The van der Waals surface area contributed by atoms with E-state index in [4.69, 9.17) is 26.1 Å². The molecule has 0 atom stereocenters. The largest absolute Gasteiger partial charge is 0.492 e. The first-order valence-electron chi connectivity index (χ1n) is 13.2. The molecule has 2 aliphatic rings. The Balaban J connectivity index is 1.33. The summed E-state index contributed by atoms with van der Waals surface area (Å²) in [4.78, 5) is 21.0. The fourth-order valence-electron chi connectivity index (χ4n) is 4.69. The number of aryl methyl sites for hydroxylation is 1. The van der Waals surface area contributed by atoms with Gasteiger partial charge in [0.25, 0.3) is 0 Å². The second-order valence-electron chi connectivity index (χ2n) is 10.3. The van der Waals surface area contributed by atoms with Gasteiger partial charge in [-0.2, -0.15) is 4.98 Å². The van der Waals surface area contributed by atoms with E-state index < -0.39 is 0 Å².